The van der Waals surface area contributed by atoms with Crippen LogP contribution >= 0.6 is 11.8 Å². The number of amidine groups is 1. The van der Waals surface area contributed by atoms with Crippen molar-refractivity contribution in [3.8, 4) is 11.5 Å². The molecule has 4 rings (SSSR count). The van der Waals surface area contributed by atoms with Gasteiger partial charge in [-0.25, -0.2) is 9.98 Å². The highest BCUT2D eigenvalue weighted by molar-refractivity contribution is 8.14. The van der Waals surface area contributed by atoms with Crippen molar-refractivity contribution < 1.29 is 28.6 Å². The van der Waals surface area contributed by atoms with E-state index >= 15 is 0 Å². The summed E-state index contributed by atoms with van der Waals surface area (Å²) in [6.07, 6.45) is 3.13. The first-order valence-corrected chi connectivity index (χ1v) is 11.1. The van der Waals surface area contributed by atoms with E-state index in [2.05, 4.69) is 15.3 Å². The highest BCUT2D eigenvalue weighted by atomic mass is 32.2. The van der Waals surface area contributed by atoms with E-state index in [0.29, 0.717) is 27.9 Å². The van der Waals surface area contributed by atoms with Gasteiger partial charge in [0, 0.05) is 17.4 Å². The van der Waals surface area contributed by atoms with Gasteiger partial charge in [-0.3, -0.25) is 14.2 Å². The van der Waals surface area contributed by atoms with Crippen LogP contribution in [0, 0.1) is 0 Å². The first-order valence-electron chi connectivity index (χ1n) is 10.1. The molecule has 1 aliphatic rings. The quantitative estimate of drug-likeness (QED) is 0.220. The molecule has 0 atom stereocenters. The fourth-order valence-electron chi connectivity index (χ4n) is 3.13. The number of benzene rings is 2. The van der Waals surface area contributed by atoms with E-state index in [1.165, 1.54) is 22.9 Å². The summed E-state index contributed by atoms with van der Waals surface area (Å²) in [5.74, 6) is 0.461. The van der Waals surface area contributed by atoms with Crippen LogP contribution < -0.4 is 24.2 Å². The van der Waals surface area contributed by atoms with Crippen LogP contribution in [0.1, 0.15) is 5.56 Å². The molecule has 174 valence electrons. The summed E-state index contributed by atoms with van der Waals surface area (Å²) in [5.41, 5.74) is 1.51. The number of rotatable bonds is 7. The number of aromatic nitrogens is 2. The predicted molar refractivity (Wildman–Crippen MR) is 126 cm³/mol. The third-order valence-corrected chi connectivity index (χ3v) is 5.62. The van der Waals surface area contributed by atoms with Crippen molar-refractivity contribution in [2.24, 2.45) is 17.0 Å². The molecule has 0 bridgehead atoms. The van der Waals surface area contributed by atoms with Gasteiger partial charge in [0.25, 0.3) is 12.1 Å². The molecule has 1 aliphatic heterocycles. The Morgan fingerprint density at radius 3 is 2.71 bits per heavy atom. The molecule has 0 saturated carbocycles. The second kappa shape index (κ2) is 10.2. The highest BCUT2D eigenvalue weighted by Crippen LogP contribution is 2.32. The normalized spacial score (nSPS) is 15.1. The largest absolute Gasteiger partial charge is 0.861 e. The van der Waals surface area contributed by atoms with E-state index in [9.17, 15) is 9.90 Å². The summed E-state index contributed by atoms with van der Waals surface area (Å²) < 4.78 is 17.0. The average molecular weight is 480 g/mol. The Hall–Kier alpha value is -4.12. The molecule has 0 saturated heterocycles. The fraction of sp³-hybridized carbons (Fsp3) is 0.174. The Labute approximate surface area is 199 Å². The number of carbonyl (C=O) groups is 1. The van der Waals surface area contributed by atoms with Crippen LogP contribution in [0.4, 0.5) is 11.6 Å². The molecule has 10 nitrogen and oxygen atoms in total. The number of anilines is 1. The Morgan fingerprint density at radius 2 is 2.03 bits per heavy atom. The minimum Gasteiger partial charge on any atom is -0.861 e. The molecule has 0 N–H and O–H groups in total. The fourth-order valence-corrected chi connectivity index (χ4v) is 3.92. The zero-order valence-electron chi connectivity index (χ0n) is 18.7. The van der Waals surface area contributed by atoms with Crippen LogP contribution in [0.3, 0.4) is 0 Å². The van der Waals surface area contributed by atoms with Crippen molar-refractivity contribution in [2.75, 3.05) is 24.9 Å². The zero-order valence-corrected chi connectivity index (χ0v) is 19.5. The minimum absolute atomic E-state index is 0.0427. The Balaban J connectivity index is 1.64. The minimum atomic E-state index is -0.445. The lowest BCUT2D eigenvalue weighted by molar-refractivity contribution is -0.739. The zero-order chi connectivity index (χ0) is 24.1. The molecule has 0 fully saturated rings. The van der Waals surface area contributed by atoms with Crippen molar-refractivity contribution in [1.82, 2.24) is 5.27 Å². The van der Waals surface area contributed by atoms with Crippen LogP contribution in [0.15, 0.2) is 74.9 Å². The lowest BCUT2D eigenvalue weighted by Crippen LogP contribution is -2.31. The van der Waals surface area contributed by atoms with Gasteiger partial charge in [-0.15, -0.1) is 0 Å². The SMILES string of the molecule is COc1ccc(/C=C2/N=C(SC/C([O-])=N/c3c[n+](C)no3)N(c3ccccc3)C2=O)c(OC)c1. The van der Waals surface area contributed by atoms with E-state index in [0.717, 1.165) is 11.8 Å². The summed E-state index contributed by atoms with van der Waals surface area (Å²) >= 11 is 1.11. The van der Waals surface area contributed by atoms with Crippen LogP contribution in [-0.4, -0.2) is 42.2 Å². The molecular formula is C23H21N5O5S. The van der Waals surface area contributed by atoms with Gasteiger partial charge in [-0.1, -0.05) is 34.6 Å². The number of ether oxygens (including phenoxy) is 2. The number of hydrogen-bond acceptors (Lipinski definition) is 9. The standard InChI is InChI=1S/C23H21N5O5S/c1-27-13-21(33-26-27)25-20(29)14-34-23-24-18(22(30)28(23)16-7-5-4-6-8-16)11-15-9-10-17(31-2)12-19(15)32-3/h4-13H,14H2,1-3H3/b18-11+. The van der Waals surface area contributed by atoms with Gasteiger partial charge in [0.2, 0.25) is 0 Å². The summed E-state index contributed by atoms with van der Waals surface area (Å²) in [6, 6.07) is 14.4. The molecule has 3 aromatic rings. The van der Waals surface area contributed by atoms with Crippen molar-refractivity contribution in [3.63, 3.8) is 0 Å². The summed E-state index contributed by atoms with van der Waals surface area (Å²) in [6.45, 7) is 0. The number of amides is 1. The molecule has 2 aromatic carbocycles. The van der Waals surface area contributed by atoms with Crippen LogP contribution in [0.5, 0.6) is 11.5 Å². The first kappa shape index (κ1) is 23.1. The number of methoxy groups -OCH3 is 2. The molecular weight excluding hydrogens is 458 g/mol. The number of thioether (sulfide) groups is 1. The van der Waals surface area contributed by atoms with E-state index < -0.39 is 5.90 Å². The van der Waals surface area contributed by atoms with Crippen molar-refractivity contribution >= 4 is 46.4 Å². The van der Waals surface area contributed by atoms with Crippen molar-refractivity contribution in [1.29, 1.82) is 0 Å². The van der Waals surface area contributed by atoms with Gasteiger partial charge >= 0.3 is 5.88 Å². The maximum atomic E-state index is 13.3. The van der Waals surface area contributed by atoms with Gasteiger partial charge in [0.05, 0.1) is 19.9 Å². The second-order valence-corrected chi connectivity index (χ2v) is 7.96. The molecule has 0 radical (unpaired) electrons. The van der Waals surface area contributed by atoms with Crippen molar-refractivity contribution in [2.45, 2.75) is 0 Å². The first-order chi connectivity index (χ1) is 16.5. The number of carbonyl (C=O) groups excluding carboxylic acids is 1. The predicted octanol–water partition coefficient (Wildman–Crippen LogP) is 2.08. The number of aliphatic imine (C=N–C) groups is 2. The molecule has 0 unspecified atom stereocenters. The molecule has 1 amide bonds. The Bertz CT molecular complexity index is 1290. The van der Waals surface area contributed by atoms with Crippen molar-refractivity contribution in [3.05, 3.63) is 66.0 Å². The molecule has 0 aliphatic carbocycles. The number of para-hydroxylation sites is 1. The average Bonchev–Trinajstić information content (AvgIpc) is 3.40. The summed E-state index contributed by atoms with van der Waals surface area (Å²) in [7, 11) is 4.76. The Kier molecular flexibility index (Phi) is 6.93. The molecule has 1 aromatic heterocycles. The third kappa shape index (κ3) is 5.09. The smallest absolute Gasteiger partial charge is 0.320 e. The van der Waals surface area contributed by atoms with Gasteiger partial charge < -0.3 is 14.6 Å². The van der Waals surface area contributed by atoms with Crippen LogP contribution in [0.25, 0.3) is 6.08 Å². The van der Waals surface area contributed by atoms with E-state index in [-0.39, 0.29) is 23.2 Å². The van der Waals surface area contributed by atoms with Gasteiger partial charge in [0.1, 0.15) is 17.2 Å². The maximum Gasteiger partial charge on any atom is 0.320 e. The third-order valence-electron chi connectivity index (χ3n) is 4.70. The van der Waals surface area contributed by atoms with Gasteiger partial charge in [-0.05, 0) is 36.2 Å². The summed E-state index contributed by atoms with van der Waals surface area (Å²) in [5, 5.41) is 16.3. The Morgan fingerprint density at radius 1 is 1.24 bits per heavy atom. The monoisotopic (exact) mass is 479 g/mol. The maximum absolute atomic E-state index is 13.3. The van der Waals surface area contributed by atoms with Crippen LogP contribution in [0.2, 0.25) is 0 Å². The number of hydrogen-bond donors (Lipinski definition) is 0. The number of aryl methyl sites for hydroxylation is 1. The van der Waals surface area contributed by atoms with E-state index in [1.807, 2.05) is 18.2 Å². The van der Waals surface area contributed by atoms with E-state index in [1.54, 1.807) is 50.6 Å². The molecule has 2 heterocycles. The molecule has 11 heteroatoms. The molecule has 34 heavy (non-hydrogen) atoms. The highest BCUT2D eigenvalue weighted by Gasteiger charge is 2.32. The van der Waals surface area contributed by atoms with Gasteiger partial charge in [-0.2, -0.15) is 0 Å². The van der Waals surface area contributed by atoms with E-state index in [4.69, 9.17) is 14.0 Å². The summed E-state index contributed by atoms with van der Waals surface area (Å²) in [4.78, 5) is 23.2. The lowest BCUT2D eigenvalue weighted by Gasteiger charge is -2.18. The molecule has 0 spiro atoms. The lowest BCUT2D eigenvalue weighted by atomic mass is 10.1. The van der Waals surface area contributed by atoms with Gasteiger partial charge in [0.15, 0.2) is 17.5 Å². The van der Waals surface area contributed by atoms with Crippen LogP contribution in [-0.2, 0) is 11.8 Å². The second-order valence-electron chi connectivity index (χ2n) is 7.02. The number of nitrogens with zero attached hydrogens (tertiary/aromatic N) is 5. The topological polar surface area (TPSA) is 116 Å².